The highest BCUT2D eigenvalue weighted by Crippen LogP contribution is 2.36. The Balaban J connectivity index is 1.26. The minimum atomic E-state index is -0.699. The van der Waals surface area contributed by atoms with Gasteiger partial charge in [0.05, 0.1) is 6.04 Å². The zero-order valence-electron chi connectivity index (χ0n) is 17.4. The molecule has 0 spiro atoms. The lowest BCUT2D eigenvalue weighted by Gasteiger charge is -2.19. The highest BCUT2D eigenvalue weighted by molar-refractivity contribution is 6.39. The van der Waals surface area contributed by atoms with Crippen LogP contribution in [0.15, 0.2) is 54.6 Å². The molecule has 31 heavy (non-hydrogen) atoms. The van der Waals surface area contributed by atoms with Crippen molar-refractivity contribution in [2.24, 2.45) is 0 Å². The molecule has 160 valence electrons. The van der Waals surface area contributed by atoms with Gasteiger partial charge >= 0.3 is 11.8 Å². The first kappa shape index (κ1) is 20.5. The summed E-state index contributed by atoms with van der Waals surface area (Å²) in [6.07, 6.45) is 2.86. The average Bonchev–Trinajstić information content (AvgIpc) is 3.53. The van der Waals surface area contributed by atoms with Crippen molar-refractivity contribution in [2.45, 2.75) is 25.3 Å². The first-order valence-electron chi connectivity index (χ1n) is 10.4. The standard InChI is InChI=1S/C22H25N7O2/c1-28(18-9-3-2-4-10-18)14-6-13-23-21(30)22(31)24-17-8-5-7-16(15-17)20-25-26-27-29(20)19-11-12-19/h2-5,7-10,15,19H,6,11-14H2,1H3,(H,23,30)(H,24,31). The van der Waals surface area contributed by atoms with E-state index in [-0.39, 0.29) is 0 Å². The highest BCUT2D eigenvalue weighted by Gasteiger charge is 2.28. The van der Waals surface area contributed by atoms with E-state index in [9.17, 15) is 9.59 Å². The molecule has 2 aromatic carbocycles. The van der Waals surface area contributed by atoms with Crippen molar-refractivity contribution in [3.8, 4) is 11.4 Å². The fourth-order valence-corrected chi connectivity index (χ4v) is 3.28. The average molecular weight is 419 g/mol. The smallest absolute Gasteiger partial charge is 0.313 e. The summed E-state index contributed by atoms with van der Waals surface area (Å²) in [4.78, 5) is 26.5. The summed E-state index contributed by atoms with van der Waals surface area (Å²) in [5, 5.41) is 17.2. The number of nitrogens with one attached hydrogen (secondary N) is 2. The minimum absolute atomic E-state index is 0.343. The molecule has 0 aliphatic heterocycles. The molecule has 3 aromatic rings. The van der Waals surface area contributed by atoms with E-state index >= 15 is 0 Å². The number of amides is 2. The van der Waals surface area contributed by atoms with Gasteiger partial charge in [-0.1, -0.05) is 30.3 Å². The maximum atomic E-state index is 12.3. The molecule has 0 radical (unpaired) electrons. The molecule has 9 nitrogen and oxygen atoms in total. The number of carbonyl (C=O) groups excluding carboxylic acids is 2. The summed E-state index contributed by atoms with van der Waals surface area (Å²) in [7, 11) is 2.00. The lowest BCUT2D eigenvalue weighted by molar-refractivity contribution is -0.136. The first-order valence-corrected chi connectivity index (χ1v) is 10.4. The summed E-state index contributed by atoms with van der Waals surface area (Å²) < 4.78 is 1.81. The van der Waals surface area contributed by atoms with Gasteiger partial charge in [0.25, 0.3) is 0 Å². The van der Waals surface area contributed by atoms with Crippen molar-refractivity contribution in [2.75, 3.05) is 30.4 Å². The van der Waals surface area contributed by atoms with E-state index in [1.165, 1.54) is 0 Å². The van der Waals surface area contributed by atoms with Crippen LogP contribution >= 0.6 is 0 Å². The third kappa shape index (κ3) is 5.25. The number of benzene rings is 2. The number of tetrazole rings is 1. The molecule has 2 amide bonds. The second-order valence-electron chi connectivity index (χ2n) is 7.58. The second kappa shape index (κ2) is 9.38. The Bertz CT molecular complexity index is 1050. The molecular weight excluding hydrogens is 394 g/mol. The predicted molar refractivity (Wildman–Crippen MR) is 117 cm³/mol. The maximum Gasteiger partial charge on any atom is 0.313 e. The van der Waals surface area contributed by atoms with E-state index in [1.807, 2.05) is 43.4 Å². The van der Waals surface area contributed by atoms with E-state index < -0.39 is 11.8 Å². The van der Waals surface area contributed by atoms with Gasteiger partial charge in [-0.25, -0.2) is 4.68 Å². The summed E-state index contributed by atoms with van der Waals surface area (Å²) in [6, 6.07) is 17.5. The Kier molecular flexibility index (Phi) is 6.21. The van der Waals surface area contributed by atoms with Crippen molar-refractivity contribution in [1.82, 2.24) is 25.5 Å². The Labute approximate surface area is 180 Å². The molecule has 1 fully saturated rings. The summed E-state index contributed by atoms with van der Waals surface area (Å²) in [5.41, 5.74) is 2.42. The predicted octanol–water partition coefficient (Wildman–Crippen LogP) is 2.26. The third-order valence-corrected chi connectivity index (χ3v) is 5.12. The third-order valence-electron chi connectivity index (χ3n) is 5.12. The molecule has 9 heteroatoms. The lowest BCUT2D eigenvalue weighted by Crippen LogP contribution is -2.36. The zero-order chi connectivity index (χ0) is 21.6. The van der Waals surface area contributed by atoms with Crippen LogP contribution in [-0.4, -0.2) is 52.2 Å². The van der Waals surface area contributed by atoms with Crippen molar-refractivity contribution in [1.29, 1.82) is 0 Å². The molecule has 1 aliphatic carbocycles. The largest absolute Gasteiger partial charge is 0.375 e. The highest BCUT2D eigenvalue weighted by atomic mass is 16.2. The van der Waals surface area contributed by atoms with Gasteiger partial charge in [0.15, 0.2) is 5.82 Å². The second-order valence-corrected chi connectivity index (χ2v) is 7.58. The van der Waals surface area contributed by atoms with E-state index in [0.717, 1.165) is 37.1 Å². The zero-order valence-corrected chi connectivity index (χ0v) is 17.4. The van der Waals surface area contributed by atoms with Gasteiger partial charge in [-0.05, 0) is 54.0 Å². The van der Waals surface area contributed by atoms with Crippen LogP contribution in [0.5, 0.6) is 0 Å². The van der Waals surface area contributed by atoms with Crippen LogP contribution in [0.2, 0.25) is 0 Å². The topological polar surface area (TPSA) is 105 Å². The molecule has 4 rings (SSSR count). The number of hydrogen-bond acceptors (Lipinski definition) is 6. The van der Waals surface area contributed by atoms with Crippen LogP contribution < -0.4 is 15.5 Å². The lowest BCUT2D eigenvalue weighted by atomic mass is 10.2. The number of rotatable bonds is 8. The number of anilines is 2. The first-order chi connectivity index (χ1) is 15.1. The van der Waals surface area contributed by atoms with Crippen molar-refractivity contribution in [3.05, 3.63) is 54.6 Å². The quantitative estimate of drug-likeness (QED) is 0.429. The van der Waals surface area contributed by atoms with E-state index in [2.05, 4.69) is 31.1 Å². The van der Waals surface area contributed by atoms with Gasteiger partial charge in [0, 0.05) is 37.1 Å². The van der Waals surface area contributed by atoms with Gasteiger partial charge in [-0.2, -0.15) is 0 Å². The van der Waals surface area contributed by atoms with Crippen LogP contribution in [0.1, 0.15) is 25.3 Å². The van der Waals surface area contributed by atoms with Crippen LogP contribution in [0.3, 0.4) is 0 Å². The summed E-state index contributed by atoms with van der Waals surface area (Å²) in [5.74, 6) is -0.698. The van der Waals surface area contributed by atoms with Crippen molar-refractivity contribution in [3.63, 3.8) is 0 Å². The SMILES string of the molecule is CN(CCCNC(=O)C(=O)Nc1cccc(-c2nnnn2C2CC2)c1)c1ccccc1. The van der Waals surface area contributed by atoms with Gasteiger partial charge in [0.1, 0.15) is 0 Å². The molecule has 0 bridgehead atoms. The van der Waals surface area contributed by atoms with Crippen LogP contribution in [0.4, 0.5) is 11.4 Å². The Morgan fingerprint density at radius 1 is 1.10 bits per heavy atom. The fraction of sp³-hybridized carbons (Fsp3) is 0.318. The van der Waals surface area contributed by atoms with Gasteiger partial charge < -0.3 is 15.5 Å². The minimum Gasteiger partial charge on any atom is -0.375 e. The van der Waals surface area contributed by atoms with Crippen LogP contribution in [-0.2, 0) is 9.59 Å². The molecule has 0 atom stereocenters. The molecule has 1 saturated carbocycles. The van der Waals surface area contributed by atoms with Gasteiger partial charge in [-0.3, -0.25) is 9.59 Å². The molecule has 0 unspecified atom stereocenters. The number of nitrogens with zero attached hydrogens (tertiary/aromatic N) is 5. The van der Waals surface area contributed by atoms with E-state index in [1.54, 1.807) is 22.9 Å². The fourth-order valence-electron chi connectivity index (χ4n) is 3.28. The Hall–Kier alpha value is -3.75. The van der Waals surface area contributed by atoms with Crippen molar-refractivity contribution >= 4 is 23.2 Å². The van der Waals surface area contributed by atoms with E-state index in [4.69, 9.17) is 0 Å². The van der Waals surface area contributed by atoms with Crippen LogP contribution in [0.25, 0.3) is 11.4 Å². The monoisotopic (exact) mass is 419 g/mol. The molecule has 2 N–H and O–H groups in total. The summed E-state index contributed by atoms with van der Waals surface area (Å²) >= 11 is 0. The summed E-state index contributed by atoms with van der Waals surface area (Å²) in [6.45, 7) is 1.18. The Morgan fingerprint density at radius 2 is 1.90 bits per heavy atom. The number of para-hydroxylation sites is 1. The van der Waals surface area contributed by atoms with Crippen LogP contribution in [0, 0.1) is 0 Å². The number of carbonyl (C=O) groups is 2. The van der Waals surface area contributed by atoms with Crippen molar-refractivity contribution < 1.29 is 9.59 Å². The molecule has 0 saturated heterocycles. The molecule has 1 heterocycles. The molecule has 1 aliphatic rings. The van der Waals surface area contributed by atoms with E-state index in [0.29, 0.717) is 24.1 Å². The molecular formula is C22H25N7O2. The molecule has 1 aromatic heterocycles. The van der Waals surface area contributed by atoms with Gasteiger partial charge in [-0.15, -0.1) is 5.10 Å². The number of aromatic nitrogens is 4. The maximum absolute atomic E-state index is 12.3. The normalized spacial score (nSPS) is 12.9. The number of hydrogen-bond donors (Lipinski definition) is 2. The van der Waals surface area contributed by atoms with Gasteiger partial charge in [0.2, 0.25) is 0 Å². The Morgan fingerprint density at radius 3 is 2.68 bits per heavy atom.